The fourth-order valence-corrected chi connectivity index (χ4v) is 2.95. The van der Waals surface area contributed by atoms with Gasteiger partial charge in [-0.15, -0.1) is 0 Å². The minimum Gasteiger partial charge on any atom is -0.378 e. The van der Waals surface area contributed by atoms with Crippen LogP contribution in [0, 0.1) is 0 Å². The maximum Gasteiger partial charge on any atom is 0.400 e. The molecule has 0 heterocycles. The van der Waals surface area contributed by atoms with Crippen LogP contribution in [0.25, 0.3) is 0 Å². The molecule has 0 saturated heterocycles. The molecule has 0 aromatic heterocycles. The number of hydrogen-bond donors (Lipinski definition) is 4. The van der Waals surface area contributed by atoms with Crippen LogP contribution in [0.2, 0.25) is 0 Å². The zero-order chi connectivity index (χ0) is 25.2. The van der Waals surface area contributed by atoms with E-state index in [2.05, 4.69) is 79.1 Å². The van der Waals surface area contributed by atoms with Crippen LogP contribution in [0.5, 0.6) is 0 Å². The number of carbonyl (C=O) groups is 1. The molecule has 0 rings (SSSR count). The third kappa shape index (κ3) is 28.0. The van der Waals surface area contributed by atoms with Crippen molar-refractivity contribution >= 4 is 13.7 Å². The van der Waals surface area contributed by atoms with Crippen molar-refractivity contribution in [3.05, 3.63) is 72.9 Å². The number of carbonyl (C=O) groups excluding carboxylic acids is 1. The van der Waals surface area contributed by atoms with Crippen molar-refractivity contribution in [1.82, 2.24) is 10.4 Å². The van der Waals surface area contributed by atoms with Gasteiger partial charge in [-0.25, -0.2) is 9.65 Å². The molecule has 0 fully saturated rings. The molecule has 0 aliphatic rings. The Morgan fingerprint density at radius 2 is 1.18 bits per heavy atom. The summed E-state index contributed by atoms with van der Waals surface area (Å²) in [6.45, 7) is 3.04. The predicted octanol–water partition coefficient (Wildman–Crippen LogP) is 5.28. The second kappa shape index (κ2) is 24.1. The Morgan fingerprint density at radius 1 is 0.735 bits per heavy atom. The van der Waals surface area contributed by atoms with Crippen LogP contribution in [0.15, 0.2) is 72.9 Å². The predicted molar refractivity (Wildman–Crippen MR) is 141 cm³/mol. The summed E-state index contributed by atoms with van der Waals surface area (Å²) in [5.74, 6) is -0.0449. The van der Waals surface area contributed by atoms with E-state index in [1.54, 1.807) is 0 Å². The first-order valence-corrected chi connectivity index (χ1v) is 13.6. The van der Waals surface area contributed by atoms with E-state index in [0.717, 1.165) is 38.5 Å². The molecule has 0 spiro atoms. The van der Waals surface area contributed by atoms with E-state index < -0.39 is 7.75 Å². The first-order valence-electron chi connectivity index (χ1n) is 12.0. The van der Waals surface area contributed by atoms with Gasteiger partial charge in [0.1, 0.15) is 0 Å². The molecule has 192 valence electrons. The van der Waals surface area contributed by atoms with Gasteiger partial charge in [0.15, 0.2) is 0 Å². The molecule has 0 aliphatic carbocycles. The highest BCUT2D eigenvalue weighted by Gasteiger charge is 2.09. The van der Waals surface area contributed by atoms with Gasteiger partial charge < -0.3 is 19.8 Å². The molecular weight excluding hydrogens is 451 g/mol. The second-order valence-electron chi connectivity index (χ2n) is 7.37. The minimum absolute atomic E-state index is 0.0449. The summed E-state index contributed by atoms with van der Waals surface area (Å²) in [5, 5.41) is 4.78. The summed E-state index contributed by atoms with van der Waals surface area (Å²) in [4.78, 5) is 28.9. The zero-order valence-corrected chi connectivity index (χ0v) is 21.4. The van der Waals surface area contributed by atoms with Gasteiger partial charge in [-0.2, -0.15) is 0 Å². The van der Waals surface area contributed by atoms with E-state index in [1.165, 1.54) is 0 Å². The van der Waals surface area contributed by atoms with E-state index in [1.807, 2.05) is 11.2 Å². The maximum atomic E-state index is 11.7. The fourth-order valence-electron chi connectivity index (χ4n) is 2.57. The van der Waals surface area contributed by atoms with Gasteiger partial charge in [0.05, 0.1) is 13.2 Å². The van der Waals surface area contributed by atoms with Crippen molar-refractivity contribution in [3.8, 4) is 0 Å². The quantitative estimate of drug-likeness (QED) is 0.0982. The Kier molecular flexibility index (Phi) is 22.7. The third-order valence-electron chi connectivity index (χ3n) is 4.27. The van der Waals surface area contributed by atoms with Crippen molar-refractivity contribution in [2.75, 3.05) is 26.3 Å². The standard InChI is InChI=1S/C26H43N2O5P/c1-2-3-4-5-6-7-8-9-10-11-12-13-14-15-16-17-18-19-20-21-26(29)27-22-24-33-25-23-28-34(30,31)32/h3-4,6-7,9-10,12-13,15-16,18-19H,2,5,8,11,14,17,20-25H2,1H3,(H,27,29)(H3,28,30,31,32). The Bertz CT molecular complexity index is 721. The average molecular weight is 495 g/mol. The van der Waals surface area contributed by atoms with E-state index in [4.69, 9.17) is 14.5 Å². The number of nitrogens with one attached hydrogen (secondary N) is 2. The number of ether oxygens (including phenoxy) is 1. The number of amides is 1. The lowest BCUT2D eigenvalue weighted by Crippen LogP contribution is -2.27. The summed E-state index contributed by atoms with van der Waals surface area (Å²) in [5.41, 5.74) is 0. The molecule has 34 heavy (non-hydrogen) atoms. The molecule has 1 amide bonds. The Morgan fingerprint density at radius 3 is 1.65 bits per heavy atom. The highest BCUT2D eigenvalue weighted by atomic mass is 31.2. The van der Waals surface area contributed by atoms with Gasteiger partial charge in [-0.05, 0) is 44.9 Å². The third-order valence-corrected chi connectivity index (χ3v) is 4.90. The highest BCUT2D eigenvalue weighted by Crippen LogP contribution is 2.26. The number of hydrogen-bond acceptors (Lipinski definition) is 3. The molecule has 0 aliphatic heterocycles. The molecule has 0 radical (unpaired) electrons. The van der Waals surface area contributed by atoms with Crippen LogP contribution in [0.1, 0.15) is 58.3 Å². The molecule has 0 saturated carbocycles. The normalized spacial score (nSPS) is 13.1. The van der Waals surface area contributed by atoms with Crippen molar-refractivity contribution in [2.45, 2.75) is 58.3 Å². The first-order chi connectivity index (χ1) is 16.5. The largest absolute Gasteiger partial charge is 0.400 e. The van der Waals surface area contributed by atoms with Gasteiger partial charge in [0, 0.05) is 19.5 Å². The van der Waals surface area contributed by atoms with Crippen LogP contribution in [-0.4, -0.2) is 42.0 Å². The Balaban J connectivity index is 3.55. The van der Waals surface area contributed by atoms with Gasteiger partial charge in [0.2, 0.25) is 5.91 Å². The van der Waals surface area contributed by atoms with E-state index >= 15 is 0 Å². The van der Waals surface area contributed by atoms with Gasteiger partial charge in [-0.3, -0.25) is 4.79 Å². The minimum atomic E-state index is -4.19. The molecule has 8 heteroatoms. The van der Waals surface area contributed by atoms with Crippen molar-refractivity contribution in [2.24, 2.45) is 0 Å². The average Bonchev–Trinajstić information content (AvgIpc) is 2.79. The van der Waals surface area contributed by atoms with E-state index in [9.17, 15) is 9.36 Å². The van der Waals surface area contributed by atoms with Crippen molar-refractivity contribution in [1.29, 1.82) is 0 Å². The lowest BCUT2D eigenvalue weighted by atomic mass is 10.2. The number of allylic oxidation sites excluding steroid dienone is 12. The Labute approximate surface area is 205 Å². The van der Waals surface area contributed by atoms with E-state index in [-0.39, 0.29) is 19.1 Å². The molecule has 0 bridgehead atoms. The molecule has 0 aromatic rings. The fraction of sp³-hybridized carbons (Fsp3) is 0.500. The summed E-state index contributed by atoms with van der Waals surface area (Å²) < 4.78 is 15.7. The van der Waals surface area contributed by atoms with Gasteiger partial charge in [-0.1, -0.05) is 79.8 Å². The van der Waals surface area contributed by atoms with E-state index in [0.29, 0.717) is 26.0 Å². The van der Waals surface area contributed by atoms with Gasteiger partial charge >= 0.3 is 7.75 Å². The van der Waals surface area contributed by atoms with Gasteiger partial charge in [0.25, 0.3) is 0 Å². The smallest absolute Gasteiger partial charge is 0.378 e. The van der Waals surface area contributed by atoms with Crippen LogP contribution in [0.3, 0.4) is 0 Å². The Hall–Kier alpha value is -2.02. The SMILES string of the molecule is CCC=CCC=CCC=CCC=CCC=CCC=CCCC(=O)NCCOCCNP(=O)(O)O. The summed E-state index contributed by atoms with van der Waals surface area (Å²) >= 11 is 0. The maximum absolute atomic E-state index is 11.7. The monoisotopic (exact) mass is 494 g/mol. The number of rotatable bonds is 21. The molecular formula is C26H43N2O5P. The molecule has 0 unspecified atom stereocenters. The van der Waals surface area contributed by atoms with Crippen LogP contribution in [-0.2, 0) is 14.1 Å². The molecule has 0 atom stereocenters. The van der Waals surface area contributed by atoms with Crippen LogP contribution < -0.4 is 10.4 Å². The van der Waals surface area contributed by atoms with Crippen LogP contribution >= 0.6 is 7.75 Å². The summed E-state index contributed by atoms with van der Waals surface area (Å²) in [6.07, 6.45) is 32.7. The second-order valence-corrected chi connectivity index (χ2v) is 8.77. The van der Waals surface area contributed by atoms with Crippen molar-refractivity contribution < 1.29 is 23.9 Å². The lowest BCUT2D eigenvalue weighted by Gasteiger charge is -2.07. The first kappa shape index (κ1) is 32.0. The topological polar surface area (TPSA) is 108 Å². The zero-order valence-electron chi connectivity index (χ0n) is 20.5. The molecule has 4 N–H and O–H groups in total. The highest BCUT2D eigenvalue weighted by molar-refractivity contribution is 7.49. The lowest BCUT2D eigenvalue weighted by molar-refractivity contribution is -0.121. The summed E-state index contributed by atoms with van der Waals surface area (Å²) in [7, 11) is -4.19. The van der Waals surface area contributed by atoms with Crippen molar-refractivity contribution in [3.63, 3.8) is 0 Å². The van der Waals surface area contributed by atoms with Crippen LogP contribution in [0.4, 0.5) is 0 Å². The molecule has 0 aromatic carbocycles. The summed E-state index contributed by atoms with van der Waals surface area (Å²) in [6, 6.07) is 0. The molecule has 7 nitrogen and oxygen atoms in total.